The number of anilines is 2. The molecule has 2 nitrogen and oxygen atoms in total. The second-order valence-corrected chi connectivity index (χ2v) is 4.61. The second-order valence-electron chi connectivity index (χ2n) is 3.35. The van der Waals surface area contributed by atoms with Crippen LogP contribution in [0.2, 0.25) is 0 Å². The van der Waals surface area contributed by atoms with Gasteiger partial charge in [0.1, 0.15) is 0 Å². The van der Waals surface area contributed by atoms with Gasteiger partial charge in [0.15, 0.2) is 0 Å². The maximum atomic E-state index is 5.80. The molecule has 0 saturated heterocycles. The first kappa shape index (κ1) is 9.08. The maximum absolute atomic E-state index is 5.80. The summed E-state index contributed by atoms with van der Waals surface area (Å²) in [6.07, 6.45) is 0. The standard InChI is InChI=1S/C12H8NOTe/c15-11-7-3-6-10-12(11)13-8-4-1-2-5-9(8)14-10/h1-7,13H. The fourth-order valence-corrected chi connectivity index (χ4v) is 2.29. The van der Waals surface area contributed by atoms with E-state index in [1.165, 1.54) is 3.61 Å². The molecule has 1 aliphatic heterocycles. The average Bonchev–Trinajstić information content (AvgIpc) is 2.27. The normalized spacial score (nSPS) is 12.0. The van der Waals surface area contributed by atoms with Gasteiger partial charge in [-0.2, -0.15) is 0 Å². The van der Waals surface area contributed by atoms with E-state index in [1.54, 1.807) is 0 Å². The van der Waals surface area contributed by atoms with Gasteiger partial charge in [-0.3, -0.25) is 0 Å². The van der Waals surface area contributed by atoms with Crippen LogP contribution in [0.25, 0.3) is 0 Å². The minimum absolute atomic E-state index is 0.886. The second kappa shape index (κ2) is 3.44. The van der Waals surface area contributed by atoms with Crippen molar-refractivity contribution in [2.45, 2.75) is 0 Å². The first-order valence-electron chi connectivity index (χ1n) is 4.68. The zero-order valence-corrected chi connectivity index (χ0v) is 10.2. The molecule has 0 spiro atoms. The number of para-hydroxylation sites is 3. The molecular formula is C12H8NOTe. The van der Waals surface area contributed by atoms with Crippen LogP contribution in [-0.4, -0.2) is 22.3 Å². The molecule has 73 valence electrons. The van der Waals surface area contributed by atoms with Crippen LogP contribution in [0.1, 0.15) is 0 Å². The van der Waals surface area contributed by atoms with Crippen molar-refractivity contribution in [1.82, 2.24) is 0 Å². The number of ether oxygens (including phenoxy) is 1. The van der Waals surface area contributed by atoms with E-state index < -0.39 is 0 Å². The van der Waals surface area contributed by atoms with Gasteiger partial charge < -0.3 is 0 Å². The van der Waals surface area contributed by atoms with Gasteiger partial charge in [0.25, 0.3) is 0 Å². The summed E-state index contributed by atoms with van der Waals surface area (Å²) in [5.41, 5.74) is 2.10. The predicted molar refractivity (Wildman–Crippen MR) is 61.6 cm³/mol. The molecule has 0 fully saturated rings. The summed E-state index contributed by atoms with van der Waals surface area (Å²) in [5, 5.41) is 3.39. The Balaban J connectivity index is 2.15. The molecule has 1 aliphatic rings. The van der Waals surface area contributed by atoms with Crippen LogP contribution in [0.15, 0.2) is 42.5 Å². The van der Waals surface area contributed by atoms with E-state index in [4.69, 9.17) is 4.74 Å². The minimum atomic E-state index is 0.886. The molecule has 0 unspecified atom stereocenters. The third kappa shape index (κ3) is 1.49. The van der Waals surface area contributed by atoms with Gasteiger partial charge in [-0.1, -0.05) is 0 Å². The SMILES string of the molecule is [Te]c1cccc2c1Nc1ccccc1O2. The molecule has 3 rings (SSSR count). The van der Waals surface area contributed by atoms with Gasteiger partial charge in [-0.15, -0.1) is 0 Å². The van der Waals surface area contributed by atoms with Gasteiger partial charge in [0, 0.05) is 0 Å². The molecule has 0 bridgehead atoms. The summed E-state index contributed by atoms with van der Waals surface area (Å²) >= 11 is 2.00. The van der Waals surface area contributed by atoms with Crippen LogP contribution in [0.4, 0.5) is 11.4 Å². The van der Waals surface area contributed by atoms with Crippen molar-refractivity contribution < 1.29 is 4.74 Å². The number of nitrogens with one attached hydrogen (secondary N) is 1. The van der Waals surface area contributed by atoms with E-state index >= 15 is 0 Å². The monoisotopic (exact) mass is 312 g/mol. The van der Waals surface area contributed by atoms with E-state index in [2.05, 4.69) is 11.4 Å². The Morgan fingerprint density at radius 2 is 1.73 bits per heavy atom. The van der Waals surface area contributed by atoms with Gasteiger partial charge in [-0.25, -0.2) is 0 Å². The summed E-state index contributed by atoms with van der Waals surface area (Å²) < 4.78 is 7.00. The fraction of sp³-hybridized carbons (Fsp3) is 0. The zero-order valence-electron chi connectivity index (χ0n) is 7.86. The molecule has 2 aromatic carbocycles. The molecule has 1 radical (unpaired) electrons. The Bertz CT molecular complexity index is 525. The number of fused-ring (bicyclic) bond motifs is 2. The van der Waals surface area contributed by atoms with Gasteiger partial charge >= 0.3 is 101 Å². The first-order valence-corrected chi connectivity index (χ1v) is 5.85. The van der Waals surface area contributed by atoms with Gasteiger partial charge in [0.2, 0.25) is 0 Å². The topological polar surface area (TPSA) is 21.3 Å². The molecule has 2 aromatic rings. The molecule has 0 aliphatic carbocycles. The third-order valence-corrected chi connectivity index (χ3v) is 3.33. The molecule has 0 aromatic heterocycles. The van der Waals surface area contributed by atoms with Crippen molar-refractivity contribution in [3.8, 4) is 11.5 Å². The van der Waals surface area contributed by atoms with Crippen LogP contribution in [-0.2, 0) is 0 Å². The Labute approximate surface area is 101 Å². The van der Waals surface area contributed by atoms with Crippen molar-refractivity contribution in [3.63, 3.8) is 0 Å². The van der Waals surface area contributed by atoms with E-state index in [1.807, 2.05) is 58.7 Å². The van der Waals surface area contributed by atoms with Crippen LogP contribution in [0, 0.1) is 0 Å². The van der Waals surface area contributed by atoms with Crippen LogP contribution in [0.3, 0.4) is 0 Å². The molecule has 3 heteroatoms. The number of benzene rings is 2. The Morgan fingerprint density at radius 1 is 0.933 bits per heavy atom. The van der Waals surface area contributed by atoms with Crippen molar-refractivity contribution in [1.29, 1.82) is 0 Å². The van der Waals surface area contributed by atoms with Crippen molar-refractivity contribution in [2.24, 2.45) is 0 Å². The summed E-state index contributed by atoms with van der Waals surface area (Å²) in [6, 6.07) is 14.0. The van der Waals surface area contributed by atoms with Gasteiger partial charge in [0.05, 0.1) is 0 Å². The quantitative estimate of drug-likeness (QED) is 0.644. The predicted octanol–water partition coefficient (Wildman–Crippen LogP) is 2.33. The molecule has 15 heavy (non-hydrogen) atoms. The first-order chi connectivity index (χ1) is 7.34. The average molecular weight is 310 g/mol. The Hall–Kier alpha value is -1.17. The third-order valence-electron chi connectivity index (χ3n) is 2.35. The summed E-state index contributed by atoms with van der Waals surface area (Å²) in [7, 11) is 0. The Kier molecular flexibility index (Phi) is 2.09. The van der Waals surface area contributed by atoms with Crippen molar-refractivity contribution in [2.75, 3.05) is 5.32 Å². The van der Waals surface area contributed by atoms with Crippen LogP contribution in [0.5, 0.6) is 11.5 Å². The van der Waals surface area contributed by atoms with E-state index in [9.17, 15) is 0 Å². The van der Waals surface area contributed by atoms with Crippen LogP contribution >= 0.6 is 0 Å². The fourth-order valence-electron chi connectivity index (χ4n) is 1.63. The molecular weight excluding hydrogens is 302 g/mol. The zero-order chi connectivity index (χ0) is 10.3. The van der Waals surface area contributed by atoms with Crippen molar-refractivity contribution in [3.05, 3.63) is 42.5 Å². The summed E-state index contributed by atoms with van der Waals surface area (Å²) in [5.74, 6) is 1.79. The van der Waals surface area contributed by atoms with E-state index in [-0.39, 0.29) is 0 Å². The molecule has 1 heterocycles. The summed E-state index contributed by atoms with van der Waals surface area (Å²) in [4.78, 5) is 0. The molecule has 0 atom stereocenters. The number of rotatable bonds is 0. The van der Waals surface area contributed by atoms with Crippen molar-refractivity contribution >= 4 is 37.3 Å². The number of hydrogen-bond donors (Lipinski definition) is 1. The summed E-state index contributed by atoms with van der Waals surface area (Å²) in [6.45, 7) is 0. The Morgan fingerprint density at radius 3 is 2.67 bits per heavy atom. The van der Waals surface area contributed by atoms with E-state index in [0.717, 1.165) is 22.9 Å². The molecule has 0 saturated carbocycles. The molecule has 0 amide bonds. The van der Waals surface area contributed by atoms with Gasteiger partial charge in [-0.05, 0) is 0 Å². The number of hydrogen-bond acceptors (Lipinski definition) is 2. The molecule has 1 N–H and O–H groups in total. The van der Waals surface area contributed by atoms with Crippen LogP contribution < -0.4 is 13.7 Å². The van der Waals surface area contributed by atoms with E-state index in [0.29, 0.717) is 0 Å².